The van der Waals surface area contributed by atoms with E-state index in [2.05, 4.69) is 20.4 Å². The molecule has 0 fully saturated rings. The number of benzene rings is 1. The molecular formula is C20H17FN4O2. The molecule has 0 spiro atoms. The molecule has 0 unspecified atom stereocenters. The van der Waals surface area contributed by atoms with Gasteiger partial charge in [-0.2, -0.15) is 0 Å². The van der Waals surface area contributed by atoms with Gasteiger partial charge in [0.2, 0.25) is 0 Å². The zero-order valence-electron chi connectivity index (χ0n) is 14.5. The number of carbonyl (C=O) groups is 1. The molecule has 136 valence electrons. The van der Waals surface area contributed by atoms with Crippen molar-refractivity contribution >= 4 is 5.91 Å². The average molecular weight is 364 g/mol. The van der Waals surface area contributed by atoms with Gasteiger partial charge < -0.3 is 9.84 Å². The van der Waals surface area contributed by atoms with Gasteiger partial charge in [0.05, 0.1) is 6.20 Å². The molecule has 1 aromatic carbocycles. The Morgan fingerprint density at radius 2 is 2.19 bits per heavy atom. The van der Waals surface area contributed by atoms with E-state index in [4.69, 9.17) is 4.52 Å². The Labute approximate surface area is 155 Å². The third kappa shape index (κ3) is 2.80. The van der Waals surface area contributed by atoms with Gasteiger partial charge in [-0.1, -0.05) is 11.2 Å². The Balaban J connectivity index is 1.42. The van der Waals surface area contributed by atoms with Crippen LogP contribution in [-0.4, -0.2) is 27.5 Å². The lowest BCUT2D eigenvalue weighted by atomic mass is 10.0. The van der Waals surface area contributed by atoms with Crippen molar-refractivity contribution in [3.63, 3.8) is 0 Å². The lowest BCUT2D eigenvalue weighted by Gasteiger charge is -2.25. The first-order valence-electron chi connectivity index (χ1n) is 8.88. The van der Waals surface area contributed by atoms with Crippen molar-refractivity contribution in [2.75, 3.05) is 6.54 Å². The molecule has 4 heterocycles. The molecule has 2 aliphatic rings. The summed E-state index contributed by atoms with van der Waals surface area (Å²) in [4.78, 5) is 18.1. The molecule has 27 heavy (non-hydrogen) atoms. The van der Waals surface area contributed by atoms with E-state index in [1.807, 2.05) is 6.07 Å². The second kappa shape index (κ2) is 6.28. The zero-order chi connectivity index (χ0) is 18.4. The number of carbonyl (C=O) groups excluding carboxylic acids is 1. The summed E-state index contributed by atoms with van der Waals surface area (Å²) in [6.07, 6.45) is 4.15. The van der Waals surface area contributed by atoms with E-state index in [1.54, 1.807) is 30.6 Å². The number of halogens is 1. The van der Waals surface area contributed by atoms with Gasteiger partial charge in [0.15, 0.2) is 5.82 Å². The van der Waals surface area contributed by atoms with Crippen LogP contribution in [0.4, 0.5) is 4.39 Å². The monoisotopic (exact) mass is 364 g/mol. The molecule has 1 amide bonds. The van der Waals surface area contributed by atoms with Gasteiger partial charge >= 0.3 is 0 Å². The Kier molecular flexibility index (Phi) is 3.75. The minimum Gasteiger partial charge on any atom is -0.361 e. The molecule has 0 aliphatic carbocycles. The maximum atomic E-state index is 15.2. The number of hydrogen-bond acceptors (Lipinski definition) is 5. The van der Waals surface area contributed by atoms with E-state index < -0.39 is 0 Å². The van der Waals surface area contributed by atoms with Crippen molar-refractivity contribution in [1.29, 1.82) is 0 Å². The van der Waals surface area contributed by atoms with E-state index in [0.717, 1.165) is 29.9 Å². The Hall–Kier alpha value is -3.06. The van der Waals surface area contributed by atoms with Crippen LogP contribution in [0, 0.1) is 5.82 Å². The third-order valence-electron chi connectivity index (χ3n) is 5.20. The first-order chi connectivity index (χ1) is 13.2. The number of nitrogens with zero attached hydrogens (tertiary/aromatic N) is 3. The summed E-state index contributed by atoms with van der Waals surface area (Å²) in [7, 11) is 0. The topological polar surface area (TPSA) is 71.3 Å². The van der Waals surface area contributed by atoms with Crippen LogP contribution in [0.1, 0.15) is 32.8 Å². The maximum Gasteiger partial charge on any atom is 0.251 e. The van der Waals surface area contributed by atoms with Crippen molar-refractivity contribution in [2.24, 2.45) is 0 Å². The summed E-state index contributed by atoms with van der Waals surface area (Å²) in [6.45, 7) is 2.46. The molecular weight excluding hydrogens is 347 g/mol. The van der Waals surface area contributed by atoms with E-state index in [-0.39, 0.29) is 11.7 Å². The van der Waals surface area contributed by atoms with Crippen LogP contribution in [0.15, 0.2) is 41.2 Å². The fourth-order valence-corrected chi connectivity index (χ4v) is 3.76. The van der Waals surface area contributed by atoms with Crippen LogP contribution in [0.2, 0.25) is 0 Å². The van der Waals surface area contributed by atoms with Gasteiger partial charge in [0, 0.05) is 61.1 Å². The van der Waals surface area contributed by atoms with Crippen molar-refractivity contribution in [2.45, 2.75) is 26.1 Å². The van der Waals surface area contributed by atoms with Gasteiger partial charge in [-0.05, 0) is 23.8 Å². The molecule has 3 aromatic rings. The second-order valence-electron chi connectivity index (χ2n) is 6.92. The number of amides is 1. The molecule has 1 N–H and O–H groups in total. The minimum absolute atomic E-state index is 0.0862. The minimum atomic E-state index is -0.314. The molecule has 0 saturated heterocycles. The predicted molar refractivity (Wildman–Crippen MR) is 95.1 cm³/mol. The predicted octanol–water partition coefficient (Wildman–Crippen LogP) is 2.68. The standard InChI is InChI=1S/C20H17FN4O2/c21-18-13(10-25-6-4-17-15(11-25)9-24-27-17)3-5-22-19(18)12-1-2-16-14(7-12)8-23-20(16)26/h1-3,5,7,9H,4,6,8,10-11H2,(H,23,26). The van der Waals surface area contributed by atoms with Crippen LogP contribution >= 0.6 is 0 Å². The molecule has 2 aromatic heterocycles. The number of pyridine rings is 1. The van der Waals surface area contributed by atoms with Crippen LogP contribution < -0.4 is 5.32 Å². The summed E-state index contributed by atoms with van der Waals surface area (Å²) in [5.74, 6) is 0.520. The summed E-state index contributed by atoms with van der Waals surface area (Å²) < 4.78 is 20.4. The molecule has 5 rings (SSSR count). The SMILES string of the molecule is O=C1NCc2cc(-c3nccc(CN4CCc5oncc5C4)c3F)ccc21. The van der Waals surface area contributed by atoms with Crippen LogP contribution in [0.5, 0.6) is 0 Å². The molecule has 0 radical (unpaired) electrons. The van der Waals surface area contributed by atoms with Gasteiger partial charge in [-0.25, -0.2) is 4.39 Å². The largest absolute Gasteiger partial charge is 0.361 e. The maximum absolute atomic E-state index is 15.2. The summed E-state index contributed by atoms with van der Waals surface area (Å²) in [5, 5.41) is 6.61. The van der Waals surface area contributed by atoms with E-state index in [1.165, 1.54) is 0 Å². The highest BCUT2D eigenvalue weighted by Gasteiger charge is 2.23. The van der Waals surface area contributed by atoms with Crippen molar-refractivity contribution in [3.8, 4) is 11.3 Å². The van der Waals surface area contributed by atoms with Gasteiger partial charge in [0.25, 0.3) is 5.91 Å². The first-order valence-corrected chi connectivity index (χ1v) is 8.88. The van der Waals surface area contributed by atoms with Gasteiger partial charge in [-0.3, -0.25) is 14.7 Å². The number of nitrogens with one attached hydrogen (secondary N) is 1. The fourth-order valence-electron chi connectivity index (χ4n) is 3.76. The normalized spacial score (nSPS) is 16.1. The van der Waals surface area contributed by atoms with E-state index in [9.17, 15) is 4.79 Å². The third-order valence-corrected chi connectivity index (χ3v) is 5.20. The molecule has 0 saturated carbocycles. The molecule has 2 aliphatic heterocycles. The second-order valence-corrected chi connectivity index (χ2v) is 6.92. The Bertz CT molecular complexity index is 1050. The van der Waals surface area contributed by atoms with Crippen molar-refractivity contribution in [1.82, 2.24) is 20.4 Å². The highest BCUT2D eigenvalue weighted by molar-refractivity contribution is 5.98. The molecule has 6 nitrogen and oxygen atoms in total. The van der Waals surface area contributed by atoms with E-state index in [0.29, 0.717) is 42.0 Å². The first kappa shape index (κ1) is 16.1. The quantitative estimate of drug-likeness (QED) is 0.774. The van der Waals surface area contributed by atoms with Crippen LogP contribution in [0.3, 0.4) is 0 Å². The lowest BCUT2D eigenvalue weighted by molar-refractivity contribution is 0.0966. The lowest BCUT2D eigenvalue weighted by Crippen LogP contribution is -2.29. The Morgan fingerprint density at radius 3 is 3.11 bits per heavy atom. The molecule has 0 atom stereocenters. The van der Waals surface area contributed by atoms with Crippen LogP contribution in [-0.2, 0) is 26.1 Å². The number of fused-ring (bicyclic) bond motifs is 2. The van der Waals surface area contributed by atoms with Crippen molar-refractivity contribution < 1.29 is 13.7 Å². The summed E-state index contributed by atoms with van der Waals surface area (Å²) >= 11 is 0. The van der Waals surface area contributed by atoms with Crippen molar-refractivity contribution in [3.05, 3.63) is 70.5 Å². The highest BCUT2D eigenvalue weighted by atomic mass is 19.1. The fraction of sp³-hybridized carbons (Fsp3) is 0.250. The average Bonchev–Trinajstić information content (AvgIpc) is 3.29. The number of aromatic nitrogens is 2. The molecule has 7 heteroatoms. The van der Waals surface area contributed by atoms with Crippen LogP contribution in [0.25, 0.3) is 11.3 Å². The smallest absolute Gasteiger partial charge is 0.251 e. The Morgan fingerprint density at radius 1 is 1.26 bits per heavy atom. The van der Waals surface area contributed by atoms with E-state index >= 15 is 4.39 Å². The molecule has 0 bridgehead atoms. The van der Waals surface area contributed by atoms with Gasteiger partial charge in [-0.15, -0.1) is 0 Å². The number of rotatable bonds is 3. The van der Waals surface area contributed by atoms with Gasteiger partial charge in [0.1, 0.15) is 11.5 Å². The zero-order valence-corrected chi connectivity index (χ0v) is 14.5. The summed E-state index contributed by atoms with van der Waals surface area (Å²) in [6, 6.07) is 7.05. The highest BCUT2D eigenvalue weighted by Crippen LogP contribution is 2.28. The summed E-state index contributed by atoms with van der Waals surface area (Å²) in [5.41, 5.74) is 4.19. The number of hydrogen-bond donors (Lipinski definition) is 1.